The van der Waals surface area contributed by atoms with E-state index < -0.39 is 0 Å². The highest BCUT2D eigenvalue weighted by atomic mass is 15.2. The molecular formula is C116H84N2. The Balaban J connectivity index is 0.765. The lowest BCUT2D eigenvalue weighted by molar-refractivity contribution is 0.951. The monoisotopic (exact) mass is 1500 g/mol. The van der Waals surface area contributed by atoms with Crippen molar-refractivity contribution in [3.05, 3.63) is 479 Å². The van der Waals surface area contributed by atoms with E-state index in [9.17, 15) is 0 Å². The van der Waals surface area contributed by atoms with Crippen LogP contribution in [0.4, 0.5) is 28.4 Å². The van der Waals surface area contributed by atoms with Crippen LogP contribution >= 0.6 is 0 Å². The number of allylic oxidation sites excluding steroid dienone is 8. The Morgan fingerprint density at radius 3 is 1.36 bits per heavy atom. The number of anilines is 5. The molecule has 0 bridgehead atoms. The molecule has 19 rings (SSSR count). The van der Waals surface area contributed by atoms with Gasteiger partial charge in [0, 0.05) is 33.9 Å². The average molecular weight is 1510 g/mol. The number of para-hydroxylation sites is 1. The lowest BCUT2D eigenvalue weighted by Gasteiger charge is -2.31. The summed E-state index contributed by atoms with van der Waals surface area (Å²) in [6, 6.07) is 144. The first-order valence-corrected chi connectivity index (χ1v) is 40.5. The fourth-order valence-corrected chi connectivity index (χ4v) is 17.5. The maximum atomic E-state index is 5.16. The second kappa shape index (κ2) is 32.0. The molecule has 0 saturated heterocycles. The predicted octanol–water partition coefficient (Wildman–Crippen LogP) is 32.9. The second-order valence-corrected chi connectivity index (χ2v) is 30.5. The van der Waals surface area contributed by atoms with Crippen molar-refractivity contribution < 1.29 is 0 Å². The van der Waals surface area contributed by atoms with Gasteiger partial charge in [-0.3, -0.25) is 0 Å². The minimum Gasteiger partial charge on any atom is -0.314 e. The van der Waals surface area contributed by atoms with E-state index in [1.54, 1.807) is 0 Å². The van der Waals surface area contributed by atoms with Gasteiger partial charge in [0.05, 0.1) is 11.4 Å². The highest BCUT2D eigenvalue weighted by Crippen LogP contribution is 2.50. The van der Waals surface area contributed by atoms with Crippen molar-refractivity contribution in [1.29, 1.82) is 0 Å². The Hall–Kier alpha value is -15.2. The number of hydrogen-bond donors (Lipinski definition) is 0. The number of rotatable bonds is 22. The first kappa shape index (κ1) is 73.0. The minimum absolute atomic E-state index is 0.631. The summed E-state index contributed by atoms with van der Waals surface area (Å²) in [6.07, 6.45) is 11.4. The molecule has 0 atom stereocenters. The van der Waals surface area contributed by atoms with Crippen molar-refractivity contribution in [1.82, 2.24) is 0 Å². The van der Waals surface area contributed by atoms with Crippen LogP contribution in [0.15, 0.2) is 457 Å². The third kappa shape index (κ3) is 14.1. The zero-order chi connectivity index (χ0) is 79.6. The molecule has 2 heteroatoms. The molecule has 19 aromatic rings. The minimum atomic E-state index is 0.631. The van der Waals surface area contributed by atoms with Gasteiger partial charge in [0.25, 0.3) is 0 Å². The van der Waals surface area contributed by atoms with Crippen LogP contribution in [0.1, 0.15) is 35.1 Å². The van der Waals surface area contributed by atoms with Gasteiger partial charge in [-0.05, 0) is 274 Å². The third-order valence-corrected chi connectivity index (χ3v) is 23.4. The Morgan fingerprint density at radius 2 is 0.737 bits per heavy atom. The van der Waals surface area contributed by atoms with Crippen LogP contribution in [0, 0.1) is 0 Å². The molecular weight excluding hydrogens is 1420 g/mol. The fourth-order valence-electron chi connectivity index (χ4n) is 17.5. The molecule has 0 aliphatic heterocycles. The van der Waals surface area contributed by atoms with E-state index in [4.69, 9.17) is 13.2 Å². The molecule has 0 spiro atoms. The summed E-state index contributed by atoms with van der Waals surface area (Å²) < 4.78 is 0. The molecule has 0 unspecified atom stereocenters. The van der Waals surface area contributed by atoms with Crippen molar-refractivity contribution in [3.63, 3.8) is 0 Å². The highest BCUT2D eigenvalue weighted by molar-refractivity contribution is 6.18. The number of benzene rings is 19. The molecule has 19 aromatic carbocycles. The lowest BCUT2D eigenvalue weighted by atomic mass is 9.89. The molecule has 0 fully saturated rings. The maximum absolute atomic E-state index is 5.16. The maximum Gasteiger partial charge on any atom is 0.0542 e. The van der Waals surface area contributed by atoms with Gasteiger partial charge in [-0.15, -0.1) is 0 Å². The van der Waals surface area contributed by atoms with Gasteiger partial charge in [0.15, 0.2) is 0 Å². The normalized spacial score (nSPS) is 11.6. The Bertz CT molecular complexity index is 7260. The quantitative estimate of drug-likeness (QED) is 0.0493. The fraction of sp³-hybridized carbons (Fsp3) is 0.0172. The SMILES string of the molecule is C=C/C=C\c1cc2ccc(-c3ccc(-c4cc5ccccc5c5ccccc45)c(N(C(=C)CCC(=C)c4ccc(-c5ccccc5)cc4)c4cccc(-c5cc6ccccc6c6ccccc56)c4)c3)cc2cc1-c1cccc(N(c2ccc(C(=C)/C=C(\C=C)c3ccccc3)cc2)c2ccccc2-c2cc3ccccc3c3ccccc23)c1. The summed E-state index contributed by atoms with van der Waals surface area (Å²) in [5, 5.41) is 16.7. The zero-order valence-corrected chi connectivity index (χ0v) is 65.8. The van der Waals surface area contributed by atoms with E-state index in [-0.39, 0.29) is 0 Å². The van der Waals surface area contributed by atoms with Gasteiger partial charge >= 0.3 is 0 Å². The molecule has 0 aliphatic rings. The van der Waals surface area contributed by atoms with Crippen LogP contribution in [0.25, 0.3) is 165 Å². The van der Waals surface area contributed by atoms with Crippen LogP contribution in [0.5, 0.6) is 0 Å². The second-order valence-electron chi connectivity index (χ2n) is 30.5. The summed E-state index contributed by atoms with van der Waals surface area (Å²) in [7, 11) is 0. The molecule has 118 heavy (non-hydrogen) atoms. The van der Waals surface area contributed by atoms with Crippen LogP contribution in [0.3, 0.4) is 0 Å². The zero-order valence-electron chi connectivity index (χ0n) is 65.8. The summed E-state index contributed by atoms with van der Waals surface area (Å²) in [5.74, 6) is 0. The van der Waals surface area contributed by atoms with Crippen molar-refractivity contribution in [3.8, 4) is 66.8 Å². The van der Waals surface area contributed by atoms with Gasteiger partial charge in [-0.25, -0.2) is 0 Å². The molecule has 0 aromatic heterocycles. The first-order valence-electron chi connectivity index (χ1n) is 40.5. The molecule has 0 heterocycles. The van der Waals surface area contributed by atoms with E-state index in [1.807, 2.05) is 24.3 Å². The standard InChI is InChI=1S/C116H84N2/c1-6-8-31-90-69-88-61-60-87(70-96(88)76-111(90)91-39-29-42-99(71-91)118(97-65-62-83(63-66-97)79(4)68-81(7-2)84-32-11-9-12-33-84)115-53-28-27-52-109(115)113-74-94-37-16-19-44-101(94)104-47-22-25-50-107(104)113)89-64-67-110(114-75-95-38-17-20-45-102(95)105-48-23-26-51-108(105)114)116(77-89)117(80(5)55-54-78(3)82-56-58-86(59-57-82)85-34-13-10-14-35-85)98-41-30-40-92(72-98)112-73-93-36-15-18-43-100(93)103-46-21-24-49-106(103)112/h6-53,56-77H,1-5,54-55H2/b31-8-,81-68+. The summed E-state index contributed by atoms with van der Waals surface area (Å²) >= 11 is 0. The van der Waals surface area contributed by atoms with Crippen molar-refractivity contribution >= 4 is 127 Å². The van der Waals surface area contributed by atoms with E-state index in [0.29, 0.717) is 12.8 Å². The van der Waals surface area contributed by atoms with E-state index in [0.717, 1.165) is 134 Å². The van der Waals surface area contributed by atoms with E-state index >= 15 is 0 Å². The summed E-state index contributed by atoms with van der Waals surface area (Å²) in [4.78, 5) is 4.87. The van der Waals surface area contributed by atoms with Crippen molar-refractivity contribution in [2.45, 2.75) is 12.8 Å². The summed E-state index contributed by atoms with van der Waals surface area (Å²) in [5.41, 5.74) is 26.7. The van der Waals surface area contributed by atoms with Gasteiger partial charge in [-0.1, -0.05) is 367 Å². The summed E-state index contributed by atoms with van der Waals surface area (Å²) in [6.45, 7) is 22.9. The Labute approximate surface area is 690 Å². The predicted molar refractivity (Wildman–Crippen MR) is 512 cm³/mol. The van der Waals surface area contributed by atoms with Gasteiger partial charge < -0.3 is 9.80 Å². The topological polar surface area (TPSA) is 6.48 Å². The molecule has 2 nitrogen and oxygen atoms in total. The number of hydrogen-bond acceptors (Lipinski definition) is 2. The van der Waals surface area contributed by atoms with Crippen LogP contribution in [-0.2, 0) is 0 Å². The Kier molecular flexibility index (Phi) is 19.8. The van der Waals surface area contributed by atoms with E-state index in [2.05, 4.69) is 430 Å². The number of fused-ring (bicyclic) bond motifs is 10. The lowest BCUT2D eigenvalue weighted by Crippen LogP contribution is -2.17. The number of nitrogens with zero attached hydrogens (tertiary/aromatic N) is 2. The van der Waals surface area contributed by atoms with Gasteiger partial charge in [0.1, 0.15) is 0 Å². The van der Waals surface area contributed by atoms with Crippen molar-refractivity contribution in [2.24, 2.45) is 0 Å². The van der Waals surface area contributed by atoms with Crippen LogP contribution in [-0.4, -0.2) is 0 Å². The van der Waals surface area contributed by atoms with Gasteiger partial charge in [-0.2, -0.15) is 0 Å². The highest BCUT2D eigenvalue weighted by Gasteiger charge is 2.25. The molecule has 0 aliphatic carbocycles. The molecule has 0 saturated carbocycles. The molecule has 0 radical (unpaired) electrons. The van der Waals surface area contributed by atoms with Gasteiger partial charge in [0.2, 0.25) is 0 Å². The van der Waals surface area contributed by atoms with Crippen LogP contribution < -0.4 is 9.80 Å². The van der Waals surface area contributed by atoms with E-state index in [1.165, 1.54) is 81.3 Å². The molecule has 0 amide bonds. The largest absolute Gasteiger partial charge is 0.314 e. The molecule has 558 valence electrons. The Morgan fingerprint density at radius 1 is 0.271 bits per heavy atom. The average Bonchev–Trinajstić information content (AvgIpc) is 0.738. The molecule has 0 N–H and O–H groups in total. The smallest absolute Gasteiger partial charge is 0.0542 e. The third-order valence-electron chi connectivity index (χ3n) is 23.4. The first-order chi connectivity index (χ1) is 58.2. The van der Waals surface area contributed by atoms with Crippen LogP contribution in [0.2, 0.25) is 0 Å². The van der Waals surface area contributed by atoms with Crippen molar-refractivity contribution in [2.75, 3.05) is 9.80 Å².